The first-order chi connectivity index (χ1) is 17.0. The van der Waals surface area contributed by atoms with Crippen LogP contribution in [0.25, 0.3) is 11.1 Å². The molecule has 0 radical (unpaired) electrons. The topological polar surface area (TPSA) is 76.3 Å². The van der Waals surface area contributed by atoms with Crippen molar-refractivity contribution in [3.63, 3.8) is 0 Å². The number of hydrogen-bond donors (Lipinski definition) is 1. The van der Waals surface area contributed by atoms with Crippen LogP contribution in [0.1, 0.15) is 54.9 Å². The standard InChI is InChI=1S/C29H32ClN3O2/c1-2-27(34)19-33(28(35)23-15-22(17-32-18-23)21-7-4-3-5-8-21)26-11-13-29(20-31,14-12-26)24-9-6-10-25(30)16-24/h3-10,15-18,26H,2,11-14,19-20,31H2,1H3. The highest BCUT2D eigenvalue weighted by Crippen LogP contribution is 2.41. The van der Waals surface area contributed by atoms with Crippen LogP contribution in [0.4, 0.5) is 0 Å². The average Bonchev–Trinajstić information content (AvgIpc) is 2.92. The van der Waals surface area contributed by atoms with Crippen molar-refractivity contribution < 1.29 is 9.59 Å². The monoisotopic (exact) mass is 489 g/mol. The summed E-state index contributed by atoms with van der Waals surface area (Å²) in [6, 6.07) is 19.6. The van der Waals surface area contributed by atoms with Crippen molar-refractivity contribution >= 4 is 23.3 Å². The first-order valence-electron chi connectivity index (χ1n) is 12.2. The highest BCUT2D eigenvalue weighted by atomic mass is 35.5. The number of aromatic nitrogens is 1. The number of halogens is 1. The molecule has 1 amide bonds. The molecule has 1 aliphatic rings. The van der Waals surface area contributed by atoms with Crippen LogP contribution >= 0.6 is 11.6 Å². The fraction of sp³-hybridized carbons (Fsp3) is 0.345. The lowest BCUT2D eigenvalue weighted by Crippen LogP contribution is -2.49. The fourth-order valence-corrected chi connectivity index (χ4v) is 5.27. The first kappa shape index (κ1) is 25.1. The molecule has 1 aliphatic carbocycles. The van der Waals surface area contributed by atoms with E-state index in [4.69, 9.17) is 17.3 Å². The Balaban J connectivity index is 1.58. The molecule has 182 valence electrons. The Bertz CT molecular complexity index is 1170. The van der Waals surface area contributed by atoms with Crippen molar-refractivity contribution in [2.24, 2.45) is 5.73 Å². The lowest BCUT2D eigenvalue weighted by atomic mass is 9.68. The zero-order valence-electron chi connectivity index (χ0n) is 20.1. The van der Waals surface area contributed by atoms with E-state index in [1.54, 1.807) is 17.3 Å². The average molecular weight is 490 g/mol. The van der Waals surface area contributed by atoms with Crippen molar-refractivity contribution in [2.75, 3.05) is 13.1 Å². The van der Waals surface area contributed by atoms with Crippen molar-refractivity contribution in [3.8, 4) is 11.1 Å². The highest BCUT2D eigenvalue weighted by molar-refractivity contribution is 6.30. The van der Waals surface area contributed by atoms with Crippen molar-refractivity contribution in [3.05, 3.63) is 89.2 Å². The quantitative estimate of drug-likeness (QED) is 0.442. The van der Waals surface area contributed by atoms with Crippen LogP contribution in [0.2, 0.25) is 5.02 Å². The molecule has 2 N–H and O–H groups in total. The molecule has 2 aromatic carbocycles. The van der Waals surface area contributed by atoms with Crippen LogP contribution in [0.5, 0.6) is 0 Å². The summed E-state index contributed by atoms with van der Waals surface area (Å²) < 4.78 is 0. The van der Waals surface area contributed by atoms with E-state index in [-0.39, 0.29) is 29.7 Å². The normalized spacial score (nSPS) is 19.8. The number of Topliss-reactive ketones (excluding diaryl/α,β-unsaturated/α-hetero) is 1. The van der Waals surface area contributed by atoms with Gasteiger partial charge in [0.25, 0.3) is 5.91 Å². The summed E-state index contributed by atoms with van der Waals surface area (Å²) in [5.74, 6) is -0.0962. The Morgan fingerprint density at radius 1 is 1.03 bits per heavy atom. The van der Waals surface area contributed by atoms with Gasteiger partial charge in [0.05, 0.1) is 12.1 Å². The number of ketones is 1. The highest BCUT2D eigenvalue weighted by Gasteiger charge is 2.39. The van der Waals surface area contributed by atoms with E-state index in [1.807, 2.05) is 61.5 Å². The summed E-state index contributed by atoms with van der Waals surface area (Å²) in [5.41, 5.74) is 9.64. The molecule has 5 nitrogen and oxygen atoms in total. The number of amides is 1. The van der Waals surface area contributed by atoms with E-state index in [1.165, 1.54) is 0 Å². The van der Waals surface area contributed by atoms with Crippen LogP contribution in [0, 0.1) is 0 Å². The van der Waals surface area contributed by atoms with Crippen molar-refractivity contribution in [1.29, 1.82) is 0 Å². The van der Waals surface area contributed by atoms with E-state index in [0.29, 0.717) is 23.6 Å². The van der Waals surface area contributed by atoms with Gasteiger partial charge in [-0.3, -0.25) is 14.6 Å². The minimum Gasteiger partial charge on any atom is -0.330 e. The van der Waals surface area contributed by atoms with E-state index in [0.717, 1.165) is 42.4 Å². The number of benzene rings is 2. The van der Waals surface area contributed by atoms with Gasteiger partial charge in [-0.15, -0.1) is 0 Å². The van der Waals surface area contributed by atoms with Crippen LogP contribution in [0.15, 0.2) is 73.1 Å². The molecule has 0 atom stereocenters. The molecule has 1 saturated carbocycles. The second-order valence-corrected chi connectivity index (χ2v) is 9.82. The summed E-state index contributed by atoms with van der Waals surface area (Å²) in [7, 11) is 0. The molecular formula is C29H32ClN3O2. The van der Waals surface area contributed by atoms with Crippen LogP contribution in [-0.2, 0) is 10.2 Å². The second-order valence-electron chi connectivity index (χ2n) is 9.38. The minimum atomic E-state index is -0.167. The SMILES string of the molecule is CCC(=O)CN(C(=O)c1cncc(-c2ccccc2)c1)C1CCC(CN)(c2cccc(Cl)c2)CC1. The van der Waals surface area contributed by atoms with Gasteiger partial charge < -0.3 is 10.6 Å². The molecule has 0 spiro atoms. The van der Waals surface area contributed by atoms with E-state index >= 15 is 0 Å². The molecule has 35 heavy (non-hydrogen) atoms. The molecule has 0 saturated heterocycles. The molecule has 0 unspecified atom stereocenters. The summed E-state index contributed by atoms with van der Waals surface area (Å²) >= 11 is 6.26. The maximum atomic E-state index is 13.7. The van der Waals surface area contributed by atoms with Gasteiger partial charge in [-0.25, -0.2) is 0 Å². The Morgan fingerprint density at radius 3 is 2.43 bits per heavy atom. The maximum Gasteiger partial charge on any atom is 0.256 e. The zero-order valence-corrected chi connectivity index (χ0v) is 20.9. The second kappa shape index (κ2) is 11.1. The van der Waals surface area contributed by atoms with Gasteiger partial charge in [-0.2, -0.15) is 0 Å². The molecule has 1 heterocycles. The summed E-state index contributed by atoms with van der Waals surface area (Å²) in [5, 5.41) is 0.702. The fourth-order valence-electron chi connectivity index (χ4n) is 5.08. The van der Waals surface area contributed by atoms with Gasteiger partial charge >= 0.3 is 0 Å². The summed E-state index contributed by atoms with van der Waals surface area (Å²) in [4.78, 5) is 32.3. The Morgan fingerprint density at radius 2 is 1.77 bits per heavy atom. The number of carbonyl (C=O) groups is 2. The number of carbonyl (C=O) groups excluding carboxylic acids is 2. The Kier molecular flexibility index (Phi) is 7.99. The van der Waals surface area contributed by atoms with Gasteiger partial charge in [-0.1, -0.05) is 61.0 Å². The number of hydrogen-bond acceptors (Lipinski definition) is 4. The number of nitrogens with zero attached hydrogens (tertiary/aromatic N) is 2. The van der Waals surface area contributed by atoms with Crippen molar-refractivity contribution in [1.82, 2.24) is 9.88 Å². The number of pyridine rings is 1. The maximum absolute atomic E-state index is 13.7. The Hall–Kier alpha value is -3.02. The molecule has 6 heteroatoms. The molecular weight excluding hydrogens is 458 g/mol. The Labute approximate surface area is 212 Å². The van der Waals surface area contributed by atoms with Crippen LogP contribution in [0.3, 0.4) is 0 Å². The molecule has 1 aromatic heterocycles. The van der Waals surface area contributed by atoms with Crippen LogP contribution < -0.4 is 5.73 Å². The summed E-state index contributed by atoms with van der Waals surface area (Å²) in [6.45, 7) is 2.47. The molecule has 0 bridgehead atoms. The van der Waals surface area contributed by atoms with Gasteiger partial charge in [0, 0.05) is 47.4 Å². The lowest BCUT2D eigenvalue weighted by Gasteiger charge is -2.43. The van der Waals surface area contributed by atoms with E-state index in [9.17, 15) is 9.59 Å². The van der Waals surface area contributed by atoms with Gasteiger partial charge in [-0.05, 0) is 55.0 Å². The summed E-state index contributed by atoms with van der Waals surface area (Å²) in [6.07, 6.45) is 6.97. The molecule has 3 aromatic rings. The van der Waals surface area contributed by atoms with Gasteiger partial charge in [0.2, 0.25) is 0 Å². The third-order valence-corrected chi connectivity index (χ3v) is 7.51. The largest absolute Gasteiger partial charge is 0.330 e. The van der Waals surface area contributed by atoms with Gasteiger partial charge in [0.1, 0.15) is 0 Å². The van der Waals surface area contributed by atoms with Gasteiger partial charge in [0.15, 0.2) is 5.78 Å². The van der Waals surface area contributed by atoms with E-state index < -0.39 is 0 Å². The van der Waals surface area contributed by atoms with Crippen molar-refractivity contribution in [2.45, 2.75) is 50.5 Å². The number of rotatable bonds is 8. The van der Waals surface area contributed by atoms with Crippen LogP contribution in [-0.4, -0.2) is 40.7 Å². The molecule has 4 rings (SSSR count). The predicted molar refractivity (Wildman–Crippen MR) is 140 cm³/mol. The predicted octanol–water partition coefficient (Wildman–Crippen LogP) is 5.66. The minimum absolute atomic E-state index is 0.0303. The van der Waals surface area contributed by atoms with E-state index in [2.05, 4.69) is 11.1 Å². The smallest absolute Gasteiger partial charge is 0.256 e. The third-order valence-electron chi connectivity index (χ3n) is 7.27. The lowest BCUT2D eigenvalue weighted by molar-refractivity contribution is -0.120. The number of nitrogens with two attached hydrogens (primary N) is 1. The zero-order chi connectivity index (χ0) is 24.8. The molecule has 0 aliphatic heterocycles. The molecule has 1 fully saturated rings. The first-order valence-corrected chi connectivity index (χ1v) is 12.6. The third kappa shape index (κ3) is 5.63.